The van der Waals surface area contributed by atoms with Crippen molar-refractivity contribution >= 4 is 5.97 Å². The first-order valence-electron chi connectivity index (χ1n) is 7.29. The topological polar surface area (TPSA) is 35.5 Å². The number of aryl methyl sites for hydroxylation is 1. The van der Waals surface area contributed by atoms with Crippen molar-refractivity contribution in [3.63, 3.8) is 0 Å². The van der Waals surface area contributed by atoms with Gasteiger partial charge in [-0.25, -0.2) is 4.79 Å². The van der Waals surface area contributed by atoms with E-state index in [1.54, 1.807) is 6.92 Å². The van der Waals surface area contributed by atoms with E-state index >= 15 is 0 Å². The standard InChI is InChI=1S/C18H18O3/c1-2-20-18(19)17-11-9-15-12-14(8-10-16(15)21-17)13-6-4-3-5-7-13/h3-8,10,12,17H,2,9,11H2,1H3. The number of benzene rings is 2. The molecule has 3 nitrogen and oxygen atoms in total. The molecule has 0 saturated carbocycles. The molecule has 1 atom stereocenters. The van der Waals surface area contributed by atoms with E-state index < -0.39 is 6.10 Å². The molecule has 1 heterocycles. The summed E-state index contributed by atoms with van der Waals surface area (Å²) in [5.74, 6) is 0.522. The molecule has 1 aliphatic heterocycles. The molecule has 0 bridgehead atoms. The minimum absolute atomic E-state index is 0.268. The Morgan fingerprint density at radius 3 is 2.76 bits per heavy atom. The second-order valence-corrected chi connectivity index (χ2v) is 5.09. The van der Waals surface area contributed by atoms with Crippen LogP contribution in [0.1, 0.15) is 18.9 Å². The lowest BCUT2D eigenvalue weighted by Crippen LogP contribution is -2.32. The Morgan fingerprint density at radius 2 is 2.00 bits per heavy atom. The third-order valence-electron chi connectivity index (χ3n) is 3.66. The molecule has 3 heteroatoms. The van der Waals surface area contributed by atoms with Crippen LogP contribution in [-0.4, -0.2) is 18.7 Å². The Labute approximate surface area is 124 Å². The van der Waals surface area contributed by atoms with Gasteiger partial charge in [0.05, 0.1) is 6.61 Å². The van der Waals surface area contributed by atoms with Crippen molar-refractivity contribution < 1.29 is 14.3 Å². The summed E-state index contributed by atoms with van der Waals surface area (Å²) in [6.07, 6.45) is 1.03. The van der Waals surface area contributed by atoms with Crippen LogP contribution in [0.25, 0.3) is 11.1 Å². The van der Waals surface area contributed by atoms with E-state index in [0.717, 1.165) is 17.7 Å². The summed E-state index contributed by atoms with van der Waals surface area (Å²) in [6, 6.07) is 16.4. The summed E-state index contributed by atoms with van der Waals surface area (Å²) < 4.78 is 10.8. The van der Waals surface area contributed by atoms with Crippen molar-refractivity contribution in [1.29, 1.82) is 0 Å². The highest BCUT2D eigenvalue weighted by Gasteiger charge is 2.27. The molecule has 0 fully saturated rings. The van der Waals surface area contributed by atoms with E-state index in [9.17, 15) is 4.79 Å². The molecule has 0 aliphatic carbocycles. The minimum atomic E-state index is -0.472. The van der Waals surface area contributed by atoms with E-state index in [1.807, 2.05) is 30.3 Å². The first-order valence-corrected chi connectivity index (χ1v) is 7.29. The van der Waals surface area contributed by atoms with Crippen LogP contribution < -0.4 is 4.74 Å². The van der Waals surface area contributed by atoms with Gasteiger partial charge >= 0.3 is 5.97 Å². The average molecular weight is 282 g/mol. The van der Waals surface area contributed by atoms with Gasteiger partial charge in [-0.1, -0.05) is 36.4 Å². The summed E-state index contributed by atoms with van der Waals surface area (Å²) in [5, 5.41) is 0. The Kier molecular flexibility index (Phi) is 3.91. The van der Waals surface area contributed by atoms with Crippen molar-refractivity contribution in [3.05, 3.63) is 54.1 Å². The van der Waals surface area contributed by atoms with Gasteiger partial charge < -0.3 is 9.47 Å². The van der Waals surface area contributed by atoms with Crippen LogP contribution in [0, 0.1) is 0 Å². The highest BCUT2D eigenvalue weighted by molar-refractivity contribution is 5.76. The highest BCUT2D eigenvalue weighted by atomic mass is 16.6. The zero-order valence-corrected chi connectivity index (χ0v) is 12.0. The number of carbonyl (C=O) groups excluding carboxylic acids is 1. The molecule has 1 aliphatic rings. The lowest BCUT2D eigenvalue weighted by atomic mass is 9.97. The van der Waals surface area contributed by atoms with Gasteiger partial charge in [0.1, 0.15) is 5.75 Å². The first kappa shape index (κ1) is 13.7. The van der Waals surface area contributed by atoms with E-state index in [0.29, 0.717) is 13.0 Å². The van der Waals surface area contributed by atoms with Gasteiger partial charge in [-0.3, -0.25) is 0 Å². The fourth-order valence-corrected chi connectivity index (χ4v) is 2.60. The number of fused-ring (bicyclic) bond motifs is 1. The van der Waals surface area contributed by atoms with Crippen LogP contribution in [0.5, 0.6) is 5.75 Å². The number of rotatable bonds is 3. The summed E-state index contributed by atoms with van der Waals surface area (Å²) in [5.41, 5.74) is 3.51. The number of hydrogen-bond acceptors (Lipinski definition) is 3. The minimum Gasteiger partial charge on any atom is -0.478 e. The quantitative estimate of drug-likeness (QED) is 0.807. The lowest BCUT2D eigenvalue weighted by Gasteiger charge is -2.25. The summed E-state index contributed by atoms with van der Waals surface area (Å²) in [4.78, 5) is 11.7. The van der Waals surface area contributed by atoms with Crippen molar-refractivity contribution in [2.24, 2.45) is 0 Å². The SMILES string of the molecule is CCOC(=O)C1CCc2cc(-c3ccccc3)ccc2O1. The lowest BCUT2D eigenvalue weighted by molar-refractivity contribution is -0.152. The van der Waals surface area contributed by atoms with Gasteiger partial charge in [0.25, 0.3) is 0 Å². The predicted molar refractivity (Wildman–Crippen MR) is 81.2 cm³/mol. The van der Waals surface area contributed by atoms with E-state index in [4.69, 9.17) is 9.47 Å². The van der Waals surface area contributed by atoms with Crippen LogP contribution in [0.2, 0.25) is 0 Å². The Bertz CT molecular complexity index is 634. The fraction of sp³-hybridized carbons (Fsp3) is 0.278. The van der Waals surface area contributed by atoms with Crippen molar-refractivity contribution in [2.75, 3.05) is 6.61 Å². The number of esters is 1. The normalized spacial score (nSPS) is 16.7. The van der Waals surface area contributed by atoms with Crippen LogP contribution in [0.3, 0.4) is 0 Å². The highest BCUT2D eigenvalue weighted by Crippen LogP contribution is 2.32. The molecule has 0 aromatic heterocycles. The van der Waals surface area contributed by atoms with Crippen molar-refractivity contribution in [1.82, 2.24) is 0 Å². The van der Waals surface area contributed by atoms with Crippen LogP contribution >= 0.6 is 0 Å². The Balaban J connectivity index is 1.81. The number of carbonyl (C=O) groups is 1. The largest absolute Gasteiger partial charge is 0.478 e. The van der Waals surface area contributed by atoms with Gasteiger partial charge in [0, 0.05) is 0 Å². The first-order chi connectivity index (χ1) is 10.3. The molecule has 21 heavy (non-hydrogen) atoms. The molecule has 0 N–H and O–H groups in total. The molecule has 1 unspecified atom stereocenters. The maximum atomic E-state index is 11.7. The summed E-state index contributed by atoms with van der Waals surface area (Å²) in [7, 11) is 0. The monoisotopic (exact) mass is 282 g/mol. The molecule has 2 aromatic carbocycles. The third-order valence-corrected chi connectivity index (χ3v) is 3.66. The molecule has 0 saturated heterocycles. The van der Waals surface area contributed by atoms with E-state index in [-0.39, 0.29) is 5.97 Å². The van der Waals surface area contributed by atoms with Crippen molar-refractivity contribution in [3.8, 4) is 16.9 Å². The third kappa shape index (κ3) is 2.92. The average Bonchev–Trinajstić information content (AvgIpc) is 2.55. The molecule has 0 spiro atoms. The van der Waals surface area contributed by atoms with Crippen LogP contribution in [0.15, 0.2) is 48.5 Å². The molecular weight excluding hydrogens is 264 g/mol. The molecule has 2 aromatic rings. The Hall–Kier alpha value is -2.29. The zero-order valence-electron chi connectivity index (χ0n) is 12.0. The van der Waals surface area contributed by atoms with Crippen LogP contribution in [0.4, 0.5) is 0 Å². The van der Waals surface area contributed by atoms with Gasteiger partial charge in [0.2, 0.25) is 0 Å². The smallest absolute Gasteiger partial charge is 0.347 e. The maximum absolute atomic E-state index is 11.7. The molecule has 0 amide bonds. The second kappa shape index (κ2) is 6.00. The second-order valence-electron chi connectivity index (χ2n) is 5.09. The van der Waals surface area contributed by atoms with Gasteiger partial charge in [-0.2, -0.15) is 0 Å². The molecule has 108 valence electrons. The van der Waals surface area contributed by atoms with E-state index in [1.165, 1.54) is 11.1 Å². The van der Waals surface area contributed by atoms with Gasteiger partial charge in [-0.05, 0) is 48.6 Å². The Morgan fingerprint density at radius 1 is 1.19 bits per heavy atom. The van der Waals surface area contributed by atoms with Crippen LogP contribution in [-0.2, 0) is 16.0 Å². The van der Waals surface area contributed by atoms with E-state index in [2.05, 4.69) is 18.2 Å². The summed E-state index contributed by atoms with van der Waals surface area (Å²) >= 11 is 0. The van der Waals surface area contributed by atoms with Gasteiger partial charge in [-0.15, -0.1) is 0 Å². The van der Waals surface area contributed by atoms with Crippen molar-refractivity contribution in [2.45, 2.75) is 25.9 Å². The van der Waals surface area contributed by atoms with Gasteiger partial charge in [0.15, 0.2) is 6.10 Å². The molecule has 0 radical (unpaired) electrons. The number of ether oxygens (including phenoxy) is 2. The summed E-state index contributed by atoms with van der Waals surface area (Å²) in [6.45, 7) is 2.19. The fourth-order valence-electron chi connectivity index (χ4n) is 2.60. The molecule has 3 rings (SSSR count). The maximum Gasteiger partial charge on any atom is 0.347 e. The molecular formula is C18H18O3. The predicted octanol–water partition coefficient (Wildman–Crippen LogP) is 3.61. The zero-order chi connectivity index (χ0) is 14.7. The number of hydrogen-bond donors (Lipinski definition) is 0.